The Morgan fingerprint density at radius 1 is 1.24 bits per heavy atom. The van der Waals surface area contributed by atoms with Gasteiger partial charge in [0, 0.05) is 12.6 Å². The average Bonchev–Trinajstić information content (AvgIpc) is 2.89. The van der Waals surface area contributed by atoms with Crippen LogP contribution in [0.3, 0.4) is 0 Å². The summed E-state index contributed by atoms with van der Waals surface area (Å²) in [4.78, 5) is 2.68. The van der Waals surface area contributed by atoms with Crippen LogP contribution in [0.25, 0.3) is 0 Å². The second kappa shape index (κ2) is 7.34. The van der Waals surface area contributed by atoms with Crippen LogP contribution in [0.4, 0.5) is 0 Å². The molecule has 0 amide bonds. The Hall–Kier alpha value is -0.120. The van der Waals surface area contributed by atoms with Crippen molar-refractivity contribution in [1.29, 1.82) is 0 Å². The van der Waals surface area contributed by atoms with Crippen molar-refractivity contribution in [3.63, 3.8) is 0 Å². The van der Waals surface area contributed by atoms with Crippen molar-refractivity contribution in [2.45, 2.75) is 57.6 Å². The molecule has 2 fully saturated rings. The van der Waals surface area contributed by atoms with E-state index < -0.39 is 0 Å². The van der Waals surface area contributed by atoms with E-state index in [0.29, 0.717) is 6.10 Å². The number of hydrogen-bond donors (Lipinski definition) is 1. The van der Waals surface area contributed by atoms with Gasteiger partial charge in [-0.15, -0.1) is 0 Å². The van der Waals surface area contributed by atoms with E-state index >= 15 is 0 Å². The van der Waals surface area contributed by atoms with Gasteiger partial charge in [-0.2, -0.15) is 0 Å². The van der Waals surface area contributed by atoms with Gasteiger partial charge in [-0.05, 0) is 64.7 Å². The molecule has 0 bridgehead atoms. The predicted molar refractivity (Wildman–Crippen MR) is 71.3 cm³/mol. The second-order valence-corrected chi connectivity index (χ2v) is 5.39. The first kappa shape index (κ1) is 13.3. The minimum absolute atomic E-state index is 0.571. The number of nitrogens with one attached hydrogen (secondary N) is 1. The quantitative estimate of drug-likeness (QED) is 0.769. The van der Waals surface area contributed by atoms with Crippen LogP contribution in [0.5, 0.6) is 0 Å². The summed E-state index contributed by atoms with van der Waals surface area (Å²) in [6, 6.07) is 0.825. The molecule has 2 heterocycles. The number of hydrogen-bond acceptors (Lipinski definition) is 3. The SMILES string of the molecule is CCN(CCCC1CCCO1)C1CCNCC1. The van der Waals surface area contributed by atoms with Gasteiger partial charge in [0.15, 0.2) is 0 Å². The van der Waals surface area contributed by atoms with Crippen LogP contribution >= 0.6 is 0 Å². The Bertz CT molecular complexity index is 198. The molecule has 100 valence electrons. The van der Waals surface area contributed by atoms with Crippen molar-refractivity contribution in [3.8, 4) is 0 Å². The molecule has 0 saturated carbocycles. The summed E-state index contributed by atoms with van der Waals surface area (Å²) >= 11 is 0. The molecular weight excluding hydrogens is 212 g/mol. The Morgan fingerprint density at radius 2 is 2.06 bits per heavy atom. The minimum atomic E-state index is 0.571. The number of ether oxygens (including phenoxy) is 1. The van der Waals surface area contributed by atoms with Crippen molar-refractivity contribution in [3.05, 3.63) is 0 Å². The fourth-order valence-electron chi connectivity index (χ4n) is 3.16. The maximum atomic E-state index is 5.69. The molecule has 0 radical (unpaired) electrons. The lowest BCUT2D eigenvalue weighted by atomic mass is 10.0. The molecule has 1 atom stereocenters. The lowest BCUT2D eigenvalue weighted by Gasteiger charge is -2.34. The molecule has 0 spiro atoms. The van der Waals surface area contributed by atoms with Crippen LogP contribution in [0.2, 0.25) is 0 Å². The Morgan fingerprint density at radius 3 is 2.71 bits per heavy atom. The highest BCUT2D eigenvalue weighted by Crippen LogP contribution is 2.18. The van der Waals surface area contributed by atoms with Gasteiger partial charge in [0.05, 0.1) is 6.10 Å². The zero-order valence-electron chi connectivity index (χ0n) is 11.3. The van der Waals surface area contributed by atoms with Crippen LogP contribution in [0, 0.1) is 0 Å². The average molecular weight is 240 g/mol. The number of piperidine rings is 1. The first-order valence-corrected chi connectivity index (χ1v) is 7.46. The predicted octanol–water partition coefficient (Wildman–Crippen LogP) is 2.02. The van der Waals surface area contributed by atoms with E-state index in [4.69, 9.17) is 4.74 Å². The van der Waals surface area contributed by atoms with E-state index in [9.17, 15) is 0 Å². The van der Waals surface area contributed by atoms with Gasteiger partial charge in [0.25, 0.3) is 0 Å². The van der Waals surface area contributed by atoms with Gasteiger partial charge in [0.2, 0.25) is 0 Å². The van der Waals surface area contributed by atoms with Crippen LogP contribution in [0.1, 0.15) is 45.4 Å². The van der Waals surface area contributed by atoms with E-state index in [2.05, 4.69) is 17.1 Å². The van der Waals surface area contributed by atoms with Gasteiger partial charge < -0.3 is 15.0 Å². The number of rotatable bonds is 6. The van der Waals surface area contributed by atoms with Crippen LogP contribution in [-0.2, 0) is 4.74 Å². The first-order valence-electron chi connectivity index (χ1n) is 7.46. The van der Waals surface area contributed by atoms with Crippen molar-refractivity contribution in [2.24, 2.45) is 0 Å². The first-order chi connectivity index (χ1) is 8.40. The smallest absolute Gasteiger partial charge is 0.0576 e. The second-order valence-electron chi connectivity index (χ2n) is 5.39. The van der Waals surface area contributed by atoms with Crippen LogP contribution in [0.15, 0.2) is 0 Å². The normalized spacial score (nSPS) is 26.8. The van der Waals surface area contributed by atoms with Gasteiger partial charge in [-0.3, -0.25) is 0 Å². The zero-order chi connectivity index (χ0) is 11.9. The zero-order valence-corrected chi connectivity index (χ0v) is 11.3. The molecule has 1 N–H and O–H groups in total. The molecule has 3 heteroatoms. The largest absolute Gasteiger partial charge is 0.378 e. The molecule has 1 unspecified atom stereocenters. The third kappa shape index (κ3) is 4.23. The summed E-state index contributed by atoms with van der Waals surface area (Å²) in [5.41, 5.74) is 0. The van der Waals surface area contributed by atoms with E-state index in [-0.39, 0.29) is 0 Å². The van der Waals surface area contributed by atoms with Crippen LogP contribution in [-0.4, -0.2) is 49.8 Å². The van der Waals surface area contributed by atoms with Crippen molar-refractivity contribution in [2.75, 3.05) is 32.8 Å². The topological polar surface area (TPSA) is 24.5 Å². The van der Waals surface area contributed by atoms with E-state index in [1.807, 2.05) is 0 Å². The monoisotopic (exact) mass is 240 g/mol. The third-order valence-electron chi connectivity index (χ3n) is 4.23. The van der Waals surface area contributed by atoms with Gasteiger partial charge >= 0.3 is 0 Å². The van der Waals surface area contributed by atoms with Crippen molar-refractivity contribution < 1.29 is 4.74 Å². The highest BCUT2D eigenvalue weighted by molar-refractivity contribution is 4.77. The molecule has 2 aliphatic rings. The summed E-state index contributed by atoms with van der Waals surface area (Å²) in [5.74, 6) is 0. The Kier molecular flexibility index (Phi) is 5.75. The summed E-state index contributed by atoms with van der Waals surface area (Å²) < 4.78 is 5.69. The molecule has 17 heavy (non-hydrogen) atoms. The van der Waals surface area contributed by atoms with Gasteiger partial charge in [-0.25, -0.2) is 0 Å². The fraction of sp³-hybridized carbons (Fsp3) is 1.00. The lowest BCUT2D eigenvalue weighted by Crippen LogP contribution is -2.43. The highest BCUT2D eigenvalue weighted by Gasteiger charge is 2.20. The fourth-order valence-corrected chi connectivity index (χ4v) is 3.16. The van der Waals surface area contributed by atoms with Crippen LogP contribution < -0.4 is 5.32 Å². The minimum Gasteiger partial charge on any atom is -0.378 e. The van der Waals surface area contributed by atoms with E-state index in [1.165, 1.54) is 64.7 Å². The number of nitrogens with zero attached hydrogens (tertiary/aromatic N) is 1. The van der Waals surface area contributed by atoms with E-state index in [0.717, 1.165) is 12.6 Å². The molecule has 0 aromatic heterocycles. The molecule has 0 aliphatic carbocycles. The summed E-state index contributed by atoms with van der Waals surface area (Å²) in [5, 5.41) is 3.45. The van der Waals surface area contributed by atoms with Crippen molar-refractivity contribution in [1.82, 2.24) is 10.2 Å². The summed E-state index contributed by atoms with van der Waals surface area (Å²) in [6.45, 7) is 8.17. The molecular formula is C14H28N2O. The summed E-state index contributed by atoms with van der Waals surface area (Å²) in [7, 11) is 0. The third-order valence-corrected chi connectivity index (χ3v) is 4.23. The van der Waals surface area contributed by atoms with Gasteiger partial charge in [-0.1, -0.05) is 6.92 Å². The molecule has 0 aromatic rings. The maximum absolute atomic E-state index is 5.69. The van der Waals surface area contributed by atoms with Gasteiger partial charge in [0.1, 0.15) is 0 Å². The van der Waals surface area contributed by atoms with Crippen molar-refractivity contribution >= 4 is 0 Å². The molecule has 2 rings (SSSR count). The molecule has 0 aromatic carbocycles. The molecule has 3 nitrogen and oxygen atoms in total. The summed E-state index contributed by atoms with van der Waals surface area (Å²) in [6.07, 6.45) is 8.36. The maximum Gasteiger partial charge on any atom is 0.0576 e. The molecule has 2 aliphatic heterocycles. The Labute approximate surface area is 106 Å². The standard InChI is InChI=1S/C14H28N2O/c1-2-16(13-7-9-15-10-8-13)11-3-5-14-6-4-12-17-14/h13-15H,2-12H2,1H3. The highest BCUT2D eigenvalue weighted by atomic mass is 16.5. The lowest BCUT2D eigenvalue weighted by molar-refractivity contribution is 0.0941. The van der Waals surface area contributed by atoms with E-state index in [1.54, 1.807) is 0 Å². The molecule has 2 saturated heterocycles. The Balaban J connectivity index is 1.63.